The molecule has 152 valence electrons. The van der Waals surface area contributed by atoms with Crippen molar-refractivity contribution in [2.45, 2.75) is 18.9 Å². The van der Waals surface area contributed by atoms with Gasteiger partial charge in [0.05, 0.1) is 17.6 Å². The summed E-state index contributed by atoms with van der Waals surface area (Å²) in [6.45, 7) is 1.95. The van der Waals surface area contributed by atoms with Gasteiger partial charge in [-0.05, 0) is 47.9 Å². The summed E-state index contributed by atoms with van der Waals surface area (Å²) >= 11 is 0. The third-order valence-electron chi connectivity index (χ3n) is 5.95. The molecule has 0 spiro atoms. The lowest BCUT2D eigenvalue weighted by Gasteiger charge is -2.32. The molecule has 3 aromatic carbocycles. The van der Waals surface area contributed by atoms with Crippen LogP contribution in [0.3, 0.4) is 0 Å². The number of H-pyrrole nitrogens is 1. The van der Waals surface area contributed by atoms with Gasteiger partial charge in [0.15, 0.2) is 0 Å². The van der Waals surface area contributed by atoms with Gasteiger partial charge in [-0.25, -0.2) is 4.79 Å². The number of rotatable bonds is 4. The number of imidazole rings is 1. The number of para-hydroxylation sites is 2. The highest BCUT2D eigenvalue weighted by Gasteiger charge is 2.24. The fraction of sp³-hybridized carbons (Fsp3) is 0.250. The summed E-state index contributed by atoms with van der Waals surface area (Å²) < 4.78 is 1.88. The van der Waals surface area contributed by atoms with Crippen molar-refractivity contribution in [2.75, 3.05) is 25.0 Å². The van der Waals surface area contributed by atoms with Gasteiger partial charge in [-0.15, -0.1) is 0 Å². The van der Waals surface area contributed by atoms with Crippen LogP contribution in [0.4, 0.5) is 5.69 Å². The topological polar surface area (TPSA) is 70.1 Å². The highest BCUT2D eigenvalue weighted by Crippen LogP contribution is 2.25. The van der Waals surface area contributed by atoms with Crippen molar-refractivity contribution in [1.82, 2.24) is 14.5 Å². The van der Waals surface area contributed by atoms with E-state index in [0.717, 1.165) is 53.4 Å². The average Bonchev–Trinajstić information content (AvgIpc) is 3.10. The predicted octanol–water partition coefficient (Wildman–Crippen LogP) is 3.76. The number of amides is 1. The lowest BCUT2D eigenvalue weighted by Crippen LogP contribution is -2.40. The van der Waals surface area contributed by atoms with Crippen molar-refractivity contribution >= 4 is 33.4 Å². The molecule has 1 aromatic heterocycles. The van der Waals surface area contributed by atoms with Crippen LogP contribution in [0.15, 0.2) is 71.5 Å². The molecule has 6 nitrogen and oxygen atoms in total. The molecule has 0 atom stereocenters. The van der Waals surface area contributed by atoms with Crippen LogP contribution in [-0.2, 0) is 4.79 Å². The van der Waals surface area contributed by atoms with Crippen molar-refractivity contribution in [2.24, 2.45) is 0 Å². The van der Waals surface area contributed by atoms with Gasteiger partial charge >= 0.3 is 5.69 Å². The lowest BCUT2D eigenvalue weighted by atomic mass is 10.0. The minimum Gasteiger partial charge on any atom is -0.325 e. The Hall–Kier alpha value is -3.38. The van der Waals surface area contributed by atoms with Crippen LogP contribution in [0, 0.1) is 0 Å². The highest BCUT2D eigenvalue weighted by atomic mass is 16.2. The molecule has 1 saturated heterocycles. The van der Waals surface area contributed by atoms with Gasteiger partial charge in [-0.1, -0.05) is 42.5 Å². The second kappa shape index (κ2) is 7.80. The Kier molecular flexibility index (Phi) is 4.85. The second-order valence-electron chi connectivity index (χ2n) is 7.93. The predicted molar refractivity (Wildman–Crippen MR) is 120 cm³/mol. The summed E-state index contributed by atoms with van der Waals surface area (Å²) in [4.78, 5) is 30.1. The van der Waals surface area contributed by atoms with Gasteiger partial charge in [-0.2, -0.15) is 0 Å². The molecule has 0 bridgehead atoms. The van der Waals surface area contributed by atoms with E-state index in [9.17, 15) is 9.59 Å². The number of hydrogen-bond donors (Lipinski definition) is 2. The number of piperidine rings is 1. The average molecular weight is 400 g/mol. The number of benzene rings is 3. The summed E-state index contributed by atoms with van der Waals surface area (Å²) in [5.41, 5.74) is 2.59. The fourth-order valence-electron chi connectivity index (χ4n) is 4.44. The first-order chi connectivity index (χ1) is 14.7. The molecule has 0 aliphatic carbocycles. The van der Waals surface area contributed by atoms with E-state index in [1.807, 2.05) is 65.2 Å². The van der Waals surface area contributed by atoms with Crippen LogP contribution in [0.2, 0.25) is 0 Å². The molecule has 6 heteroatoms. The third kappa shape index (κ3) is 3.62. The quantitative estimate of drug-likeness (QED) is 0.548. The number of anilines is 1. The van der Waals surface area contributed by atoms with Gasteiger partial charge in [0.1, 0.15) is 0 Å². The van der Waals surface area contributed by atoms with Gasteiger partial charge < -0.3 is 10.3 Å². The maximum absolute atomic E-state index is 12.5. The van der Waals surface area contributed by atoms with Gasteiger partial charge in [0.2, 0.25) is 5.91 Å². The van der Waals surface area contributed by atoms with Crippen LogP contribution >= 0.6 is 0 Å². The third-order valence-corrected chi connectivity index (χ3v) is 5.95. The minimum absolute atomic E-state index is 0.00649. The fourth-order valence-corrected chi connectivity index (χ4v) is 4.44. The number of carbonyl (C=O) groups is 1. The van der Waals surface area contributed by atoms with E-state index in [1.54, 1.807) is 0 Å². The molecule has 2 heterocycles. The summed E-state index contributed by atoms with van der Waals surface area (Å²) in [5.74, 6) is -0.00649. The van der Waals surface area contributed by atoms with Crippen LogP contribution in [0.5, 0.6) is 0 Å². The van der Waals surface area contributed by atoms with Crippen molar-refractivity contribution in [3.05, 3.63) is 77.2 Å². The Morgan fingerprint density at radius 1 is 0.967 bits per heavy atom. The molecule has 1 fully saturated rings. The molecule has 0 saturated carbocycles. The molecule has 0 unspecified atom stereocenters. The number of hydrogen-bond acceptors (Lipinski definition) is 3. The Bertz CT molecular complexity index is 1260. The second-order valence-corrected chi connectivity index (χ2v) is 7.93. The summed E-state index contributed by atoms with van der Waals surface area (Å²) in [6, 6.07) is 22.0. The zero-order valence-corrected chi connectivity index (χ0v) is 16.7. The van der Waals surface area contributed by atoms with E-state index in [0.29, 0.717) is 6.54 Å². The van der Waals surface area contributed by atoms with Crippen molar-refractivity contribution in [1.29, 1.82) is 0 Å². The number of nitrogens with zero attached hydrogens (tertiary/aromatic N) is 2. The maximum atomic E-state index is 12.5. The SMILES string of the molecule is O=C(CN1CCC(n2c(=O)[nH]c3ccccc32)CC1)Nc1ccc2ccccc2c1. The molecule has 5 rings (SSSR count). The first-order valence-electron chi connectivity index (χ1n) is 10.4. The smallest absolute Gasteiger partial charge is 0.325 e. The van der Waals surface area contributed by atoms with Crippen LogP contribution in [0.25, 0.3) is 21.8 Å². The lowest BCUT2D eigenvalue weighted by molar-refractivity contribution is -0.117. The number of carbonyl (C=O) groups excluding carboxylic acids is 1. The summed E-state index contributed by atoms with van der Waals surface area (Å²) in [6.07, 6.45) is 1.70. The number of aromatic nitrogens is 2. The van der Waals surface area contributed by atoms with E-state index in [2.05, 4.69) is 21.3 Å². The van der Waals surface area contributed by atoms with E-state index in [4.69, 9.17) is 0 Å². The summed E-state index contributed by atoms with van der Waals surface area (Å²) in [7, 11) is 0. The minimum atomic E-state index is -0.0521. The first kappa shape index (κ1) is 18.6. The van der Waals surface area contributed by atoms with Crippen LogP contribution in [-0.4, -0.2) is 40.0 Å². The van der Waals surface area contributed by atoms with Crippen molar-refractivity contribution in [3.63, 3.8) is 0 Å². The Balaban J connectivity index is 1.21. The van der Waals surface area contributed by atoms with E-state index in [1.165, 1.54) is 0 Å². The van der Waals surface area contributed by atoms with Crippen molar-refractivity contribution < 1.29 is 4.79 Å². The molecule has 0 radical (unpaired) electrons. The number of likely N-dealkylation sites (tertiary alicyclic amines) is 1. The molecular formula is C24H24N4O2. The molecule has 30 heavy (non-hydrogen) atoms. The normalized spacial score (nSPS) is 15.6. The Morgan fingerprint density at radius 2 is 1.70 bits per heavy atom. The van der Waals surface area contributed by atoms with E-state index >= 15 is 0 Å². The number of fused-ring (bicyclic) bond motifs is 2. The molecule has 4 aromatic rings. The van der Waals surface area contributed by atoms with Gasteiger partial charge in [0, 0.05) is 24.8 Å². The Labute approximate surface area is 174 Å². The monoisotopic (exact) mass is 400 g/mol. The van der Waals surface area contributed by atoms with E-state index in [-0.39, 0.29) is 17.6 Å². The van der Waals surface area contributed by atoms with Gasteiger partial charge in [-0.3, -0.25) is 14.3 Å². The molecule has 1 aliphatic heterocycles. The first-order valence-corrected chi connectivity index (χ1v) is 10.4. The number of aromatic amines is 1. The molecule has 1 aliphatic rings. The van der Waals surface area contributed by atoms with Crippen molar-refractivity contribution in [3.8, 4) is 0 Å². The highest BCUT2D eigenvalue weighted by molar-refractivity contribution is 5.95. The zero-order chi connectivity index (χ0) is 20.5. The standard InChI is InChI=1S/C24H24N4O2/c29-23(25-19-10-9-17-5-1-2-6-18(17)15-19)16-27-13-11-20(12-14-27)28-22-8-4-3-7-21(22)26-24(28)30/h1-10,15,20H,11-14,16H2,(H,25,29)(H,26,30). The number of nitrogens with one attached hydrogen (secondary N) is 2. The summed E-state index contributed by atoms with van der Waals surface area (Å²) in [5, 5.41) is 5.28. The Morgan fingerprint density at radius 3 is 2.53 bits per heavy atom. The van der Waals surface area contributed by atoms with Crippen LogP contribution in [0.1, 0.15) is 18.9 Å². The zero-order valence-electron chi connectivity index (χ0n) is 16.7. The molecule has 2 N–H and O–H groups in total. The van der Waals surface area contributed by atoms with Gasteiger partial charge in [0.25, 0.3) is 0 Å². The molecular weight excluding hydrogens is 376 g/mol. The van der Waals surface area contributed by atoms with E-state index < -0.39 is 0 Å². The maximum Gasteiger partial charge on any atom is 0.326 e. The van der Waals surface area contributed by atoms with Crippen LogP contribution < -0.4 is 11.0 Å². The molecule has 1 amide bonds. The largest absolute Gasteiger partial charge is 0.326 e.